The van der Waals surface area contributed by atoms with E-state index >= 15 is 0 Å². The second-order valence-corrected chi connectivity index (χ2v) is 23.7. The van der Waals surface area contributed by atoms with Crippen molar-refractivity contribution < 1.29 is 32.9 Å². The molecule has 404 valence electrons. The third-order valence-corrected chi connectivity index (χ3v) is 18.2. The summed E-state index contributed by atoms with van der Waals surface area (Å²) in [4.78, 5) is 34.8. The van der Waals surface area contributed by atoms with E-state index in [-0.39, 0.29) is 33.8 Å². The average Bonchev–Trinajstić information content (AvgIpc) is 4.29. The molecule has 5 aromatic heterocycles. The van der Waals surface area contributed by atoms with Crippen LogP contribution >= 0.6 is 34.0 Å². The van der Waals surface area contributed by atoms with E-state index in [0.29, 0.717) is 17.2 Å². The molecule has 20 heteroatoms. The van der Waals surface area contributed by atoms with Gasteiger partial charge in [0.25, 0.3) is 0 Å². The van der Waals surface area contributed by atoms with E-state index in [0.717, 1.165) is 118 Å². The minimum Gasteiger partial charge on any atom is -0.508 e. The predicted molar refractivity (Wildman–Crippen MR) is 305 cm³/mol. The van der Waals surface area contributed by atoms with Gasteiger partial charge in [-0.15, -0.1) is 34.0 Å². The molecular weight excluding hydrogens is 1040 g/mol. The number of nitrogens with zero attached hydrogens (tertiary/aromatic N) is 8. The number of aromatic amines is 1. The predicted octanol–water partition coefficient (Wildman–Crippen LogP) is 12.0. The number of amides is 1. The summed E-state index contributed by atoms with van der Waals surface area (Å²) in [6.45, 7) is 16.4. The lowest BCUT2D eigenvalue weighted by molar-refractivity contribution is -0.132. The van der Waals surface area contributed by atoms with Crippen molar-refractivity contribution in [2.24, 2.45) is 5.92 Å². The molecule has 1 fully saturated rings. The van der Waals surface area contributed by atoms with Crippen molar-refractivity contribution in [3.05, 3.63) is 117 Å². The number of phenols is 2. The number of nitrogens with one attached hydrogen (secondary N) is 1. The summed E-state index contributed by atoms with van der Waals surface area (Å²) in [6.07, 6.45) is 8.52. The topological polar surface area (TPSA) is 202 Å². The molecule has 16 nitrogen and oxygen atoms in total. The fourth-order valence-corrected chi connectivity index (χ4v) is 13.1. The third-order valence-electron chi connectivity index (χ3n) is 13.4. The molecule has 0 aliphatic carbocycles. The van der Waals surface area contributed by atoms with Gasteiger partial charge < -0.3 is 29.5 Å². The van der Waals surface area contributed by atoms with Gasteiger partial charge in [0.2, 0.25) is 26.0 Å². The number of anilines is 1. The third kappa shape index (κ3) is 14.2. The number of piperidine rings is 1. The number of methoxy groups -OCH3 is 2. The largest absolute Gasteiger partial charge is 0.508 e. The van der Waals surface area contributed by atoms with Crippen LogP contribution in [0.25, 0.3) is 39.7 Å². The number of benzene rings is 3. The SMILES string of the molecule is CC1CCCN(c2nc(-c3ccc(O)cc3O)cs2)C1.CCC(C)N(C(=O)CS(=O)(=O)c1nc(-c2ccccc2)cs1)C(C)CC.COc1ccc(CCCc2nc(-c3cc(C)n(-c4ncn[nH]4)c3C)cs2)cc1OC. The number of rotatable bonds is 18. The Morgan fingerprint density at radius 3 is 2.22 bits per heavy atom. The number of aromatic hydroxyl groups is 2. The molecule has 1 amide bonds. The van der Waals surface area contributed by atoms with Gasteiger partial charge in [-0.05, 0) is 114 Å². The number of H-pyrrole nitrogens is 1. The highest BCUT2D eigenvalue weighted by Crippen LogP contribution is 2.36. The molecule has 0 saturated carbocycles. The van der Waals surface area contributed by atoms with Crippen LogP contribution in [0.4, 0.5) is 5.13 Å². The van der Waals surface area contributed by atoms with E-state index < -0.39 is 15.6 Å². The Labute approximate surface area is 458 Å². The van der Waals surface area contributed by atoms with Crippen LogP contribution < -0.4 is 14.4 Å². The maximum absolute atomic E-state index is 12.7. The van der Waals surface area contributed by atoms with Crippen LogP contribution in [0.3, 0.4) is 0 Å². The number of hydrogen-bond donors (Lipinski definition) is 3. The minimum absolute atomic E-state index is 0.00189. The number of aryl methyl sites for hydroxylation is 3. The molecule has 3 atom stereocenters. The number of ether oxygens (including phenoxy) is 2. The molecule has 76 heavy (non-hydrogen) atoms. The van der Waals surface area contributed by atoms with E-state index in [9.17, 15) is 23.4 Å². The Kier molecular flexibility index (Phi) is 19.9. The van der Waals surface area contributed by atoms with Crippen molar-refractivity contribution in [2.75, 3.05) is 38.0 Å². The van der Waals surface area contributed by atoms with Crippen molar-refractivity contribution in [2.45, 2.75) is 110 Å². The first-order valence-electron chi connectivity index (χ1n) is 25.5. The van der Waals surface area contributed by atoms with Gasteiger partial charge in [-0.25, -0.2) is 28.5 Å². The number of phenolic OH excluding ortho intramolecular Hbond substituents is 2. The Morgan fingerprint density at radius 2 is 1.55 bits per heavy atom. The van der Waals surface area contributed by atoms with Crippen LogP contribution in [0.5, 0.6) is 23.0 Å². The van der Waals surface area contributed by atoms with Gasteiger partial charge in [0, 0.05) is 75.5 Å². The second kappa shape index (κ2) is 26.4. The summed E-state index contributed by atoms with van der Waals surface area (Å²) in [5.74, 6) is 2.19. The number of aromatic nitrogens is 7. The molecule has 0 radical (unpaired) electrons. The smallest absolute Gasteiger partial charge is 0.238 e. The zero-order valence-electron chi connectivity index (χ0n) is 44.7. The molecule has 1 aliphatic rings. The van der Waals surface area contributed by atoms with Crippen molar-refractivity contribution >= 4 is 54.9 Å². The number of carbonyl (C=O) groups excluding carboxylic acids is 1. The van der Waals surface area contributed by atoms with Gasteiger partial charge in [0.15, 0.2) is 16.6 Å². The number of sulfone groups is 1. The van der Waals surface area contributed by atoms with Gasteiger partial charge in [0.1, 0.15) is 23.6 Å². The standard InChI is InChI=1S/C22H25N5O2S.C19H26N2O3S2.C15H18N2O2S/c1-14-10-17(15(2)27(14)22-23-13-24-26-22)18-12-30-21(25-18)7-5-6-16-8-9-19(28-3)20(11-16)29-4;1-5-14(3)21(15(4)6-2)18(22)13-26(23,24)19-20-17(12-25-19)16-10-8-7-9-11-16;1-10-3-2-6-17(8-10)15-16-13(9-20-15)12-5-4-11(18)7-14(12)19/h8-13H,5-7H2,1-4H3,(H,23,24,26);7-12,14-15H,5-6,13H2,1-4H3;4-5,7,9-10,18-19H,2-3,6,8H2,1H3. The Morgan fingerprint density at radius 1 is 0.842 bits per heavy atom. The average molecular weight is 1110 g/mol. The van der Waals surface area contributed by atoms with Gasteiger partial charge >= 0.3 is 0 Å². The lowest BCUT2D eigenvalue weighted by Gasteiger charge is -2.33. The number of hydrogen-bond acceptors (Lipinski definition) is 16. The number of carbonyl (C=O) groups is 1. The summed E-state index contributed by atoms with van der Waals surface area (Å²) >= 11 is 4.38. The fraction of sp³-hybridized carbons (Fsp3) is 0.393. The number of thiazole rings is 3. The van der Waals surface area contributed by atoms with E-state index in [4.69, 9.17) is 14.5 Å². The molecule has 0 bridgehead atoms. The summed E-state index contributed by atoms with van der Waals surface area (Å²) in [5.41, 5.74) is 8.48. The van der Waals surface area contributed by atoms with Crippen LogP contribution in [0.15, 0.2) is 99.6 Å². The highest BCUT2D eigenvalue weighted by molar-refractivity contribution is 7.94. The summed E-state index contributed by atoms with van der Waals surface area (Å²) in [7, 11) is -0.441. The normalized spacial score (nSPS) is 14.2. The van der Waals surface area contributed by atoms with Gasteiger partial charge in [0.05, 0.1) is 36.3 Å². The quantitative estimate of drug-likeness (QED) is 0.0733. The zero-order chi connectivity index (χ0) is 54.5. The lowest BCUT2D eigenvalue weighted by atomic mass is 10.0. The second-order valence-electron chi connectivity index (χ2n) is 18.9. The zero-order valence-corrected chi connectivity index (χ0v) is 48.0. The minimum atomic E-state index is -3.76. The molecule has 3 N–H and O–H groups in total. The molecule has 1 saturated heterocycles. The highest BCUT2D eigenvalue weighted by Gasteiger charge is 2.30. The maximum Gasteiger partial charge on any atom is 0.238 e. The van der Waals surface area contributed by atoms with Crippen molar-refractivity contribution in [3.63, 3.8) is 0 Å². The van der Waals surface area contributed by atoms with Crippen molar-refractivity contribution in [1.82, 2.24) is 39.6 Å². The van der Waals surface area contributed by atoms with Crippen LogP contribution in [0.2, 0.25) is 0 Å². The first kappa shape index (κ1) is 57.1. The fourth-order valence-electron chi connectivity index (χ4n) is 9.08. The maximum atomic E-state index is 12.7. The van der Waals surface area contributed by atoms with Crippen molar-refractivity contribution in [1.29, 1.82) is 0 Å². The molecular formula is C56H69N9O7S4. The Bertz CT molecular complexity index is 3230. The van der Waals surface area contributed by atoms with Gasteiger partial charge in [-0.2, -0.15) is 10.1 Å². The summed E-state index contributed by atoms with van der Waals surface area (Å²) in [5, 5.41) is 34.1. The molecule has 0 spiro atoms. The molecule has 3 aromatic carbocycles. The van der Waals surface area contributed by atoms with E-state index in [1.54, 1.807) is 59.3 Å². The molecule has 3 unspecified atom stereocenters. The van der Waals surface area contributed by atoms with Crippen LogP contribution in [0, 0.1) is 19.8 Å². The van der Waals surface area contributed by atoms with Crippen molar-refractivity contribution in [3.8, 4) is 62.7 Å². The van der Waals surface area contributed by atoms with E-state index in [1.165, 1.54) is 30.8 Å². The highest BCUT2D eigenvalue weighted by atomic mass is 32.2. The monoisotopic (exact) mass is 1110 g/mol. The first-order chi connectivity index (χ1) is 36.5. The summed E-state index contributed by atoms with van der Waals surface area (Å²) < 4.78 is 38.2. The molecule has 6 heterocycles. The van der Waals surface area contributed by atoms with Gasteiger partial charge in [-0.1, -0.05) is 57.2 Å². The molecule has 1 aliphatic heterocycles. The molecule has 8 aromatic rings. The Balaban J connectivity index is 0.000000169. The Hall–Kier alpha value is -6.61. The van der Waals surface area contributed by atoms with Crippen LogP contribution in [-0.4, -0.2) is 109 Å². The van der Waals surface area contributed by atoms with E-state index in [1.807, 2.05) is 75.5 Å². The van der Waals surface area contributed by atoms with Crippen LogP contribution in [0.1, 0.15) is 88.7 Å². The lowest BCUT2D eigenvalue weighted by Crippen LogP contribution is -2.46. The van der Waals surface area contributed by atoms with Crippen LogP contribution in [-0.2, 0) is 27.5 Å². The van der Waals surface area contributed by atoms with E-state index in [2.05, 4.69) is 72.9 Å². The van der Waals surface area contributed by atoms with Gasteiger partial charge in [-0.3, -0.25) is 9.36 Å². The molecule has 9 rings (SSSR count). The summed E-state index contributed by atoms with van der Waals surface area (Å²) in [6, 6.07) is 22.3. The first-order valence-corrected chi connectivity index (χ1v) is 29.8.